The molecule has 0 saturated carbocycles. The molecule has 0 atom stereocenters. The van der Waals surface area contributed by atoms with Crippen LogP contribution in [0.25, 0.3) is 0 Å². The van der Waals surface area contributed by atoms with Crippen LogP contribution in [-0.4, -0.2) is 59.1 Å². The summed E-state index contributed by atoms with van der Waals surface area (Å²) in [7, 11) is 0. The first-order chi connectivity index (χ1) is 12.2. The van der Waals surface area contributed by atoms with Gasteiger partial charge in [0.1, 0.15) is 0 Å². The number of hydrogen-bond acceptors (Lipinski definition) is 7. The summed E-state index contributed by atoms with van der Waals surface area (Å²) >= 11 is 3.48. The number of thioether (sulfide) groups is 1. The molecule has 0 aromatic carbocycles. The van der Waals surface area contributed by atoms with Crippen LogP contribution < -0.4 is 4.90 Å². The molecular weight excluding hydrogens is 388 g/mol. The maximum Gasteiger partial charge on any atom is 0.225 e. The predicted molar refractivity (Wildman–Crippen MR) is 112 cm³/mol. The Hall–Kier alpha value is -1.15. The molecule has 26 heavy (non-hydrogen) atoms. The van der Waals surface area contributed by atoms with Crippen LogP contribution in [0.5, 0.6) is 0 Å². The highest BCUT2D eigenvalue weighted by Crippen LogP contribution is 2.28. The quantitative estimate of drug-likeness (QED) is 0.373. The Kier molecular flexibility index (Phi) is 8.84. The molecule has 3 rings (SSSR count). The van der Waals surface area contributed by atoms with Crippen LogP contribution in [0, 0.1) is 0 Å². The number of halogens is 1. The highest BCUT2D eigenvalue weighted by atomic mass is 35.5. The molecule has 0 aliphatic carbocycles. The number of nitrogens with zero attached hydrogens (tertiary/aromatic N) is 4. The van der Waals surface area contributed by atoms with Crippen molar-refractivity contribution >= 4 is 47.2 Å². The second-order valence-corrected chi connectivity index (χ2v) is 8.59. The molecule has 0 amide bonds. The average molecular weight is 413 g/mol. The predicted octanol–water partition coefficient (Wildman–Crippen LogP) is 3.86. The molecule has 142 valence electrons. The number of carbonyl (C=O) groups excluding carboxylic acids is 1. The van der Waals surface area contributed by atoms with Crippen molar-refractivity contribution in [2.75, 3.05) is 43.4 Å². The Balaban J connectivity index is 0.00000243. The lowest BCUT2D eigenvalue weighted by atomic mass is 10.2. The van der Waals surface area contributed by atoms with Gasteiger partial charge >= 0.3 is 0 Å². The van der Waals surface area contributed by atoms with Gasteiger partial charge in [0.25, 0.3) is 0 Å². The highest BCUT2D eigenvalue weighted by Gasteiger charge is 2.18. The molecule has 1 aliphatic heterocycles. The van der Waals surface area contributed by atoms with E-state index >= 15 is 0 Å². The van der Waals surface area contributed by atoms with E-state index in [1.807, 2.05) is 23.9 Å². The first-order valence-corrected chi connectivity index (χ1v) is 10.5. The monoisotopic (exact) mass is 412 g/mol. The fourth-order valence-corrected chi connectivity index (χ4v) is 4.92. The minimum absolute atomic E-state index is 0. The third kappa shape index (κ3) is 6.23. The summed E-state index contributed by atoms with van der Waals surface area (Å²) in [4.78, 5) is 25.6. The molecular formula is C18H25ClN4OS2. The smallest absolute Gasteiger partial charge is 0.225 e. The zero-order chi connectivity index (χ0) is 17.5. The number of thiophene rings is 1. The SMILES string of the molecule is CC(=O)c1ccc(SCCCCN2CCN(c3ncccn3)CC2)s1.Cl. The summed E-state index contributed by atoms with van der Waals surface area (Å²) in [6.45, 7) is 6.96. The van der Waals surface area contributed by atoms with Gasteiger partial charge in [0.15, 0.2) is 5.78 Å². The molecule has 1 saturated heterocycles. The number of Topliss-reactive ketones (excluding diaryl/α,β-unsaturated/α-hetero) is 1. The molecule has 8 heteroatoms. The second kappa shape index (κ2) is 10.9. The van der Waals surface area contributed by atoms with Gasteiger partial charge in [0, 0.05) is 38.6 Å². The third-order valence-corrected chi connectivity index (χ3v) is 6.75. The van der Waals surface area contributed by atoms with Crippen LogP contribution in [0.1, 0.15) is 29.4 Å². The van der Waals surface area contributed by atoms with E-state index < -0.39 is 0 Å². The lowest BCUT2D eigenvalue weighted by Gasteiger charge is -2.34. The molecule has 0 radical (unpaired) electrons. The molecule has 2 aromatic heterocycles. The van der Waals surface area contributed by atoms with Crippen molar-refractivity contribution in [3.8, 4) is 0 Å². The van der Waals surface area contributed by atoms with Crippen LogP contribution in [-0.2, 0) is 0 Å². The molecule has 0 spiro atoms. The van der Waals surface area contributed by atoms with Crippen molar-refractivity contribution in [1.82, 2.24) is 14.9 Å². The number of carbonyl (C=O) groups is 1. The highest BCUT2D eigenvalue weighted by molar-refractivity contribution is 8.01. The topological polar surface area (TPSA) is 49.3 Å². The Bertz CT molecular complexity index is 675. The molecule has 2 aromatic rings. The largest absolute Gasteiger partial charge is 0.338 e. The number of anilines is 1. The fraction of sp³-hybridized carbons (Fsp3) is 0.500. The molecule has 0 unspecified atom stereocenters. The molecule has 5 nitrogen and oxygen atoms in total. The number of unbranched alkanes of at least 4 members (excludes halogenated alkanes) is 1. The molecule has 0 N–H and O–H groups in total. The van der Waals surface area contributed by atoms with E-state index in [-0.39, 0.29) is 18.2 Å². The van der Waals surface area contributed by atoms with Gasteiger partial charge in [-0.05, 0) is 50.3 Å². The van der Waals surface area contributed by atoms with Gasteiger partial charge in [-0.25, -0.2) is 9.97 Å². The zero-order valence-electron chi connectivity index (χ0n) is 15.0. The van der Waals surface area contributed by atoms with Crippen molar-refractivity contribution in [3.63, 3.8) is 0 Å². The number of piperazine rings is 1. The van der Waals surface area contributed by atoms with Gasteiger partial charge in [-0.1, -0.05) is 0 Å². The molecule has 3 heterocycles. The van der Waals surface area contributed by atoms with Crippen molar-refractivity contribution in [2.24, 2.45) is 0 Å². The maximum atomic E-state index is 11.3. The van der Waals surface area contributed by atoms with Gasteiger partial charge in [-0.3, -0.25) is 9.69 Å². The summed E-state index contributed by atoms with van der Waals surface area (Å²) in [5.74, 6) is 2.13. The zero-order valence-corrected chi connectivity index (χ0v) is 17.4. The van der Waals surface area contributed by atoms with E-state index in [1.54, 1.807) is 30.7 Å². The van der Waals surface area contributed by atoms with Crippen LogP contribution in [0.3, 0.4) is 0 Å². The normalized spacial score (nSPS) is 14.9. The Labute approximate surface area is 169 Å². The number of aromatic nitrogens is 2. The van der Waals surface area contributed by atoms with Crippen LogP contribution in [0.4, 0.5) is 5.95 Å². The molecule has 1 fully saturated rings. The van der Waals surface area contributed by atoms with Crippen LogP contribution in [0.15, 0.2) is 34.8 Å². The fourth-order valence-electron chi connectivity index (χ4n) is 2.82. The first-order valence-electron chi connectivity index (χ1n) is 8.70. The summed E-state index contributed by atoms with van der Waals surface area (Å²) < 4.78 is 1.25. The lowest BCUT2D eigenvalue weighted by molar-refractivity contribution is 0.102. The minimum atomic E-state index is 0. The van der Waals surface area contributed by atoms with E-state index in [1.165, 1.54) is 17.1 Å². The van der Waals surface area contributed by atoms with Crippen molar-refractivity contribution in [1.29, 1.82) is 0 Å². The maximum absolute atomic E-state index is 11.3. The Morgan fingerprint density at radius 1 is 1.15 bits per heavy atom. The average Bonchev–Trinajstić information content (AvgIpc) is 3.12. The van der Waals surface area contributed by atoms with Gasteiger partial charge < -0.3 is 4.90 Å². The Morgan fingerprint density at radius 2 is 1.88 bits per heavy atom. The number of ketones is 1. The minimum Gasteiger partial charge on any atom is -0.338 e. The first kappa shape index (κ1) is 21.2. The summed E-state index contributed by atoms with van der Waals surface area (Å²) in [6.07, 6.45) is 6.04. The van der Waals surface area contributed by atoms with Crippen molar-refractivity contribution in [3.05, 3.63) is 35.5 Å². The van der Waals surface area contributed by atoms with Gasteiger partial charge in [-0.15, -0.1) is 35.5 Å². The van der Waals surface area contributed by atoms with Gasteiger partial charge in [0.2, 0.25) is 5.95 Å². The standard InChI is InChI=1S/C18H24N4OS2.ClH/c1-15(23)16-5-6-17(25-16)24-14-3-2-9-21-10-12-22(13-11-21)18-19-7-4-8-20-18;/h4-8H,2-3,9-14H2,1H3;1H. The van der Waals surface area contributed by atoms with Gasteiger partial charge in [0.05, 0.1) is 9.09 Å². The summed E-state index contributed by atoms with van der Waals surface area (Å²) in [6, 6.07) is 5.86. The summed E-state index contributed by atoms with van der Waals surface area (Å²) in [5, 5.41) is 0. The molecule has 0 bridgehead atoms. The van der Waals surface area contributed by atoms with Crippen molar-refractivity contribution in [2.45, 2.75) is 24.0 Å². The van der Waals surface area contributed by atoms with E-state index in [0.29, 0.717) is 0 Å². The van der Waals surface area contributed by atoms with Crippen molar-refractivity contribution < 1.29 is 4.79 Å². The second-order valence-electron chi connectivity index (χ2n) is 6.11. The lowest BCUT2D eigenvalue weighted by Crippen LogP contribution is -2.47. The molecule has 1 aliphatic rings. The van der Waals surface area contributed by atoms with E-state index in [9.17, 15) is 4.79 Å². The van der Waals surface area contributed by atoms with E-state index in [2.05, 4.69) is 25.8 Å². The summed E-state index contributed by atoms with van der Waals surface area (Å²) in [5.41, 5.74) is 0. The number of rotatable bonds is 8. The van der Waals surface area contributed by atoms with Gasteiger partial charge in [-0.2, -0.15) is 0 Å². The van der Waals surface area contributed by atoms with Crippen LogP contribution >= 0.6 is 35.5 Å². The Morgan fingerprint density at radius 3 is 2.54 bits per heavy atom. The van der Waals surface area contributed by atoms with E-state index in [4.69, 9.17) is 0 Å². The van der Waals surface area contributed by atoms with E-state index in [0.717, 1.165) is 49.3 Å². The third-order valence-electron chi connectivity index (χ3n) is 4.25. The van der Waals surface area contributed by atoms with Crippen LogP contribution in [0.2, 0.25) is 0 Å². The number of hydrogen-bond donors (Lipinski definition) is 0.